The Bertz CT molecular complexity index is 589. The van der Waals surface area contributed by atoms with Crippen LogP contribution in [0.5, 0.6) is 0 Å². The number of imidazole rings is 1. The second-order valence-corrected chi connectivity index (χ2v) is 5.09. The van der Waals surface area contributed by atoms with Crippen LogP contribution in [0.25, 0.3) is 11.0 Å². The van der Waals surface area contributed by atoms with E-state index in [4.69, 9.17) is 0 Å². The van der Waals surface area contributed by atoms with E-state index in [9.17, 15) is 9.90 Å². The Morgan fingerprint density at radius 1 is 1.47 bits per heavy atom. The van der Waals surface area contributed by atoms with Crippen molar-refractivity contribution < 1.29 is 9.90 Å². The summed E-state index contributed by atoms with van der Waals surface area (Å²) in [6.45, 7) is 0.747. The highest BCUT2D eigenvalue weighted by atomic mass is 16.4. The lowest BCUT2D eigenvalue weighted by Crippen LogP contribution is -2.20. The number of aromatic nitrogens is 2. The summed E-state index contributed by atoms with van der Waals surface area (Å²) in [7, 11) is 5.82. The number of rotatable bonds is 5. The molecule has 5 nitrogen and oxygen atoms in total. The molecule has 0 aliphatic rings. The molecule has 0 aliphatic heterocycles. The van der Waals surface area contributed by atoms with Gasteiger partial charge in [0.05, 0.1) is 23.3 Å². The van der Waals surface area contributed by atoms with E-state index in [-0.39, 0.29) is 0 Å². The summed E-state index contributed by atoms with van der Waals surface area (Å²) in [5, 5.41) is 9.37. The maximum atomic E-state index is 11.4. The van der Waals surface area contributed by atoms with Crippen LogP contribution < -0.4 is 0 Å². The number of nitrogens with zero attached hydrogens (tertiary/aromatic N) is 3. The number of benzene rings is 1. The van der Waals surface area contributed by atoms with Crippen LogP contribution in [-0.2, 0) is 11.8 Å². The maximum absolute atomic E-state index is 11.4. The Balaban J connectivity index is 2.30. The van der Waals surface area contributed by atoms with Crippen molar-refractivity contribution in [3.05, 3.63) is 30.1 Å². The Morgan fingerprint density at radius 3 is 2.84 bits per heavy atom. The van der Waals surface area contributed by atoms with Gasteiger partial charge in [-0.3, -0.25) is 4.79 Å². The number of fused-ring (bicyclic) bond motifs is 1. The molecule has 1 unspecified atom stereocenters. The molecule has 19 heavy (non-hydrogen) atoms. The molecular formula is C14H19N3O2. The summed E-state index contributed by atoms with van der Waals surface area (Å²) >= 11 is 0. The van der Waals surface area contributed by atoms with Gasteiger partial charge in [-0.1, -0.05) is 6.07 Å². The number of carbonyl (C=O) groups is 1. The molecule has 102 valence electrons. The molecule has 1 atom stereocenters. The Kier molecular flexibility index (Phi) is 3.85. The summed E-state index contributed by atoms with van der Waals surface area (Å²) in [5.74, 6) is -1.26. The van der Waals surface area contributed by atoms with Crippen LogP contribution in [0.2, 0.25) is 0 Å². The molecule has 0 aliphatic carbocycles. The zero-order valence-electron chi connectivity index (χ0n) is 11.5. The minimum Gasteiger partial charge on any atom is -0.481 e. The summed E-state index contributed by atoms with van der Waals surface area (Å²) < 4.78 is 1.93. The molecule has 1 heterocycles. The highest BCUT2D eigenvalue weighted by Crippen LogP contribution is 2.24. The van der Waals surface area contributed by atoms with E-state index >= 15 is 0 Å². The molecule has 5 heteroatoms. The van der Waals surface area contributed by atoms with E-state index in [2.05, 4.69) is 4.98 Å². The lowest BCUT2D eigenvalue weighted by Gasteiger charge is -2.16. The first kappa shape index (κ1) is 13.5. The van der Waals surface area contributed by atoms with Gasteiger partial charge in [-0.15, -0.1) is 0 Å². The van der Waals surface area contributed by atoms with E-state index in [0.29, 0.717) is 6.42 Å². The zero-order chi connectivity index (χ0) is 14.0. The third kappa shape index (κ3) is 2.93. The SMILES string of the molecule is CN(C)CCC(C(=O)O)c1ccc2c(c1)ncn2C. The molecule has 0 spiro atoms. The second-order valence-electron chi connectivity index (χ2n) is 5.09. The summed E-state index contributed by atoms with van der Waals surface area (Å²) in [5.41, 5.74) is 2.68. The molecule has 2 rings (SSSR count). The lowest BCUT2D eigenvalue weighted by atomic mass is 9.95. The van der Waals surface area contributed by atoms with Crippen molar-refractivity contribution in [3.63, 3.8) is 0 Å². The van der Waals surface area contributed by atoms with Crippen LogP contribution in [-0.4, -0.2) is 46.2 Å². The van der Waals surface area contributed by atoms with Gasteiger partial charge in [-0.05, 0) is 44.8 Å². The van der Waals surface area contributed by atoms with Gasteiger partial charge in [0, 0.05) is 7.05 Å². The van der Waals surface area contributed by atoms with Gasteiger partial charge in [0.25, 0.3) is 0 Å². The minimum absolute atomic E-state index is 0.478. The Hall–Kier alpha value is -1.88. The number of hydrogen-bond donors (Lipinski definition) is 1. The number of aliphatic carboxylic acids is 1. The van der Waals surface area contributed by atoms with Crippen molar-refractivity contribution >= 4 is 17.0 Å². The van der Waals surface area contributed by atoms with Gasteiger partial charge >= 0.3 is 5.97 Å². The topological polar surface area (TPSA) is 58.4 Å². The van der Waals surface area contributed by atoms with E-state index in [1.165, 1.54) is 0 Å². The summed E-state index contributed by atoms with van der Waals surface area (Å²) in [6, 6.07) is 5.70. The molecule has 0 fully saturated rings. The van der Waals surface area contributed by atoms with Crippen LogP contribution in [0.1, 0.15) is 17.9 Å². The third-order valence-corrected chi connectivity index (χ3v) is 3.31. The van der Waals surface area contributed by atoms with Crippen molar-refractivity contribution in [1.29, 1.82) is 0 Å². The predicted molar refractivity (Wildman–Crippen MR) is 74.3 cm³/mol. The number of hydrogen-bond acceptors (Lipinski definition) is 3. The first-order chi connectivity index (χ1) is 8.99. The quantitative estimate of drug-likeness (QED) is 0.890. The van der Waals surface area contributed by atoms with E-state index in [1.54, 1.807) is 6.33 Å². The smallest absolute Gasteiger partial charge is 0.311 e. The molecule has 1 N–H and O–H groups in total. The minimum atomic E-state index is -0.780. The Labute approximate surface area is 112 Å². The van der Waals surface area contributed by atoms with Gasteiger partial charge < -0.3 is 14.6 Å². The standard InChI is InChI=1S/C14H19N3O2/c1-16(2)7-6-11(14(18)19)10-4-5-13-12(8-10)15-9-17(13)3/h4-5,8-9,11H,6-7H2,1-3H3,(H,18,19). The number of carboxylic acids is 1. The van der Waals surface area contributed by atoms with E-state index < -0.39 is 11.9 Å². The fourth-order valence-electron chi connectivity index (χ4n) is 2.19. The van der Waals surface area contributed by atoms with Crippen LogP contribution in [0.4, 0.5) is 0 Å². The third-order valence-electron chi connectivity index (χ3n) is 3.31. The fraction of sp³-hybridized carbons (Fsp3) is 0.429. The van der Waals surface area contributed by atoms with Crippen LogP contribution in [0.3, 0.4) is 0 Å². The molecule has 0 saturated carbocycles. The zero-order valence-corrected chi connectivity index (χ0v) is 11.5. The molecule has 0 radical (unpaired) electrons. The molecule has 1 aromatic carbocycles. The largest absolute Gasteiger partial charge is 0.481 e. The number of aryl methyl sites for hydroxylation is 1. The van der Waals surface area contributed by atoms with Gasteiger partial charge in [-0.2, -0.15) is 0 Å². The normalized spacial score (nSPS) is 13.1. The molecule has 1 aromatic heterocycles. The molecule has 0 amide bonds. The summed E-state index contributed by atoms with van der Waals surface area (Å²) in [6.07, 6.45) is 2.34. The second kappa shape index (κ2) is 5.40. The first-order valence-corrected chi connectivity index (χ1v) is 6.27. The predicted octanol–water partition coefficient (Wildman–Crippen LogP) is 1.69. The van der Waals surface area contributed by atoms with Crippen molar-refractivity contribution in [2.75, 3.05) is 20.6 Å². The van der Waals surface area contributed by atoms with Gasteiger partial charge in [0.2, 0.25) is 0 Å². The van der Waals surface area contributed by atoms with Crippen LogP contribution in [0, 0.1) is 0 Å². The summed E-state index contributed by atoms with van der Waals surface area (Å²) in [4.78, 5) is 17.7. The van der Waals surface area contributed by atoms with Crippen molar-refractivity contribution in [3.8, 4) is 0 Å². The fourth-order valence-corrected chi connectivity index (χ4v) is 2.19. The first-order valence-electron chi connectivity index (χ1n) is 6.27. The monoisotopic (exact) mass is 261 g/mol. The average Bonchev–Trinajstić information content (AvgIpc) is 2.70. The van der Waals surface area contributed by atoms with Gasteiger partial charge in [0.15, 0.2) is 0 Å². The van der Waals surface area contributed by atoms with Crippen LogP contribution in [0.15, 0.2) is 24.5 Å². The van der Waals surface area contributed by atoms with E-state index in [1.807, 2.05) is 48.8 Å². The molecular weight excluding hydrogens is 242 g/mol. The Morgan fingerprint density at radius 2 is 2.21 bits per heavy atom. The van der Waals surface area contributed by atoms with Crippen LogP contribution >= 0.6 is 0 Å². The average molecular weight is 261 g/mol. The number of carboxylic acid groups (broad SMARTS) is 1. The van der Waals surface area contributed by atoms with E-state index in [0.717, 1.165) is 23.1 Å². The molecule has 0 bridgehead atoms. The highest BCUT2D eigenvalue weighted by molar-refractivity contribution is 5.81. The molecule has 2 aromatic rings. The molecule has 0 saturated heterocycles. The van der Waals surface area contributed by atoms with Crippen molar-refractivity contribution in [1.82, 2.24) is 14.5 Å². The highest BCUT2D eigenvalue weighted by Gasteiger charge is 2.20. The van der Waals surface area contributed by atoms with Crippen molar-refractivity contribution in [2.45, 2.75) is 12.3 Å². The van der Waals surface area contributed by atoms with Gasteiger partial charge in [-0.25, -0.2) is 4.98 Å². The lowest BCUT2D eigenvalue weighted by molar-refractivity contribution is -0.139. The maximum Gasteiger partial charge on any atom is 0.311 e. The van der Waals surface area contributed by atoms with Crippen molar-refractivity contribution in [2.24, 2.45) is 7.05 Å². The van der Waals surface area contributed by atoms with Gasteiger partial charge in [0.1, 0.15) is 0 Å².